The Bertz CT molecular complexity index is 532. The molecule has 0 spiro atoms. The summed E-state index contributed by atoms with van der Waals surface area (Å²) in [4.78, 5) is 11.8. The lowest BCUT2D eigenvalue weighted by Gasteiger charge is -2.14. The number of carbonyl (C=O) groups excluding carboxylic acids is 1. The normalized spacial score (nSPS) is 12.6. The Morgan fingerprint density at radius 3 is 2.60 bits per heavy atom. The fourth-order valence-electron chi connectivity index (χ4n) is 1.78. The van der Waals surface area contributed by atoms with Gasteiger partial charge in [-0.2, -0.15) is 18.4 Å². The van der Waals surface area contributed by atoms with Crippen LogP contribution in [0.15, 0.2) is 18.2 Å². The third-order valence-corrected chi connectivity index (χ3v) is 2.88. The molecular weight excluding hydrogens is 269 g/mol. The van der Waals surface area contributed by atoms with E-state index >= 15 is 0 Å². The number of hydrogen-bond donors (Lipinski definition) is 1. The standard InChI is InChI=1S/C14H15F3N2O/c1-3-4-9(2)13(20)19-11-6-5-10(8-18)12(7-11)14(15,16)17/h5-7,9H,3-4H2,1-2H3,(H,19,20). The van der Waals surface area contributed by atoms with Crippen LogP contribution in [0.1, 0.15) is 37.8 Å². The van der Waals surface area contributed by atoms with Crippen molar-refractivity contribution in [2.75, 3.05) is 5.32 Å². The van der Waals surface area contributed by atoms with Crippen molar-refractivity contribution in [2.45, 2.75) is 32.9 Å². The van der Waals surface area contributed by atoms with Crippen LogP contribution in [-0.4, -0.2) is 5.91 Å². The number of benzene rings is 1. The second-order valence-corrected chi connectivity index (χ2v) is 4.55. The van der Waals surface area contributed by atoms with Gasteiger partial charge in [0, 0.05) is 11.6 Å². The monoisotopic (exact) mass is 284 g/mol. The van der Waals surface area contributed by atoms with Gasteiger partial charge in [-0.1, -0.05) is 20.3 Å². The van der Waals surface area contributed by atoms with Crippen molar-refractivity contribution in [2.24, 2.45) is 5.92 Å². The predicted octanol–water partition coefficient (Wildman–Crippen LogP) is 3.95. The lowest BCUT2D eigenvalue weighted by atomic mass is 10.0. The summed E-state index contributed by atoms with van der Waals surface area (Å²) in [5.74, 6) is -0.602. The molecule has 1 aromatic rings. The van der Waals surface area contributed by atoms with Crippen LogP contribution in [0.4, 0.5) is 18.9 Å². The number of rotatable bonds is 4. The van der Waals surface area contributed by atoms with Gasteiger partial charge in [0.1, 0.15) is 0 Å². The molecule has 0 heterocycles. The van der Waals surface area contributed by atoms with E-state index in [-0.39, 0.29) is 17.5 Å². The fourth-order valence-corrected chi connectivity index (χ4v) is 1.78. The summed E-state index contributed by atoms with van der Waals surface area (Å²) in [7, 11) is 0. The summed E-state index contributed by atoms with van der Waals surface area (Å²) in [5, 5.41) is 11.1. The quantitative estimate of drug-likeness (QED) is 0.910. The number of hydrogen-bond acceptors (Lipinski definition) is 2. The third-order valence-electron chi connectivity index (χ3n) is 2.88. The molecule has 1 unspecified atom stereocenters. The van der Waals surface area contributed by atoms with Crippen LogP contribution in [-0.2, 0) is 11.0 Å². The van der Waals surface area contributed by atoms with Crippen LogP contribution in [0.3, 0.4) is 0 Å². The van der Waals surface area contributed by atoms with Crippen molar-refractivity contribution in [1.82, 2.24) is 0 Å². The molecule has 0 aromatic heterocycles. The third kappa shape index (κ3) is 3.98. The van der Waals surface area contributed by atoms with E-state index in [0.29, 0.717) is 6.42 Å². The summed E-state index contributed by atoms with van der Waals surface area (Å²) < 4.78 is 38.3. The molecule has 1 aromatic carbocycles. The number of carbonyl (C=O) groups is 1. The van der Waals surface area contributed by atoms with Gasteiger partial charge in [-0.3, -0.25) is 4.79 Å². The van der Waals surface area contributed by atoms with E-state index in [1.54, 1.807) is 6.92 Å². The maximum atomic E-state index is 12.8. The van der Waals surface area contributed by atoms with E-state index in [0.717, 1.165) is 18.6 Å². The van der Waals surface area contributed by atoms with Gasteiger partial charge in [-0.15, -0.1) is 0 Å². The maximum Gasteiger partial charge on any atom is 0.417 e. The van der Waals surface area contributed by atoms with Gasteiger partial charge < -0.3 is 5.32 Å². The Morgan fingerprint density at radius 1 is 1.45 bits per heavy atom. The number of nitriles is 1. The smallest absolute Gasteiger partial charge is 0.326 e. The first kappa shape index (κ1) is 16.0. The van der Waals surface area contributed by atoms with Crippen LogP contribution < -0.4 is 5.32 Å². The van der Waals surface area contributed by atoms with E-state index in [1.165, 1.54) is 12.1 Å². The molecule has 0 aliphatic carbocycles. The molecule has 0 saturated carbocycles. The molecule has 0 fully saturated rings. The molecule has 0 radical (unpaired) electrons. The molecule has 108 valence electrons. The van der Waals surface area contributed by atoms with Crippen molar-refractivity contribution < 1.29 is 18.0 Å². The Hall–Kier alpha value is -2.03. The van der Waals surface area contributed by atoms with Crippen molar-refractivity contribution in [3.63, 3.8) is 0 Å². The van der Waals surface area contributed by atoms with Crippen molar-refractivity contribution in [3.05, 3.63) is 29.3 Å². The Kier molecular flexibility index (Phi) is 5.14. The van der Waals surface area contributed by atoms with Crippen LogP contribution >= 0.6 is 0 Å². The highest BCUT2D eigenvalue weighted by Gasteiger charge is 2.34. The number of amides is 1. The fraction of sp³-hybridized carbons (Fsp3) is 0.429. The molecular formula is C14H15F3N2O. The molecule has 0 bridgehead atoms. The van der Waals surface area contributed by atoms with Crippen molar-refractivity contribution in [1.29, 1.82) is 5.26 Å². The first-order valence-corrected chi connectivity index (χ1v) is 6.21. The van der Waals surface area contributed by atoms with E-state index in [1.807, 2.05) is 6.92 Å². The van der Waals surface area contributed by atoms with Gasteiger partial charge >= 0.3 is 6.18 Å². The number of anilines is 1. The van der Waals surface area contributed by atoms with Gasteiger partial charge in [0.2, 0.25) is 5.91 Å². The van der Waals surface area contributed by atoms with E-state index in [4.69, 9.17) is 5.26 Å². The van der Waals surface area contributed by atoms with Crippen LogP contribution in [0.5, 0.6) is 0 Å². The lowest BCUT2D eigenvalue weighted by Crippen LogP contribution is -2.20. The van der Waals surface area contributed by atoms with Crippen LogP contribution in [0, 0.1) is 17.2 Å². The SMILES string of the molecule is CCCC(C)C(=O)Nc1ccc(C#N)c(C(F)(F)F)c1. The maximum absolute atomic E-state index is 12.8. The predicted molar refractivity (Wildman–Crippen MR) is 68.9 cm³/mol. The molecule has 6 heteroatoms. The van der Waals surface area contributed by atoms with Crippen molar-refractivity contribution >= 4 is 11.6 Å². The number of alkyl halides is 3. The lowest BCUT2D eigenvalue weighted by molar-refractivity contribution is -0.137. The minimum Gasteiger partial charge on any atom is -0.326 e. The van der Waals surface area contributed by atoms with Gasteiger partial charge in [0.05, 0.1) is 17.2 Å². The highest BCUT2D eigenvalue weighted by atomic mass is 19.4. The second kappa shape index (κ2) is 6.42. The zero-order valence-electron chi connectivity index (χ0n) is 11.2. The summed E-state index contributed by atoms with van der Waals surface area (Å²) in [6, 6.07) is 4.63. The number of nitrogens with zero attached hydrogens (tertiary/aromatic N) is 1. The summed E-state index contributed by atoms with van der Waals surface area (Å²) in [6.45, 7) is 3.64. The molecule has 0 aliphatic rings. The van der Waals surface area contributed by atoms with Crippen molar-refractivity contribution in [3.8, 4) is 6.07 Å². The summed E-state index contributed by atoms with van der Waals surface area (Å²) in [6.07, 6.45) is -3.15. The average molecular weight is 284 g/mol. The van der Waals surface area contributed by atoms with Crippen LogP contribution in [0.25, 0.3) is 0 Å². The van der Waals surface area contributed by atoms with E-state index < -0.39 is 17.3 Å². The zero-order chi connectivity index (χ0) is 15.3. The Balaban J connectivity index is 2.99. The molecule has 0 saturated heterocycles. The van der Waals surface area contributed by atoms with E-state index in [9.17, 15) is 18.0 Å². The summed E-state index contributed by atoms with van der Waals surface area (Å²) >= 11 is 0. The second-order valence-electron chi connectivity index (χ2n) is 4.55. The molecule has 0 aliphatic heterocycles. The highest BCUT2D eigenvalue weighted by molar-refractivity contribution is 5.92. The Labute approximate surface area is 115 Å². The van der Waals surface area contributed by atoms with Gasteiger partial charge in [0.15, 0.2) is 0 Å². The van der Waals surface area contributed by atoms with Crippen LogP contribution in [0.2, 0.25) is 0 Å². The number of halogens is 3. The van der Waals surface area contributed by atoms with Gasteiger partial charge in [0.25, 0.3) is 0 Å². The minimum absolute atomic E-state index is 0.0456. The minimum atomic E-state index is -4.62. The molecule has 1 amide bonds. The van der Waals surface area contributed by atoms with Gasteiger partial charge in [-0.25, -0.2) is 0 Å². The largest absolute Gasteiger partial charge is 0.417 e. The molecule has 1 rings (SSSR count). The average Bonchev–Trinajstić information content (AvgIpc) is 2.37. The molecule has 3 nitrogen and oxygen atoms in total. The Morgan fingerprint density at radius 2 is 2.10 bits per heavy atom. The molecule has 20 heavy (non-hydrogen) atoms. The van der Waals surface area contributed by atoms with Gasteiger partial charge in [-0.05, 0) is 24.6 Å². The zero-order valence-corrected chi connectivity index (χ0v) is 11.2. The molecule has 1 atom stereocenters. The first-order chi connectivity index (χ1) is 9.29. The molecule has 1 N–H and O–H groups in total. The highest BCUT2D eigenvalue weighted by Crippen LogP contribution is 2.33. The topological polar surface area (TPSA) is 52.9 Å². The summed E-state index contributed by atoms with van der Waals surface area (Å²) in [5.41, 5.74) is -1.46. The van der Waals surface area contributed by atoms with E-state index in [2.05, 4.69) is 5.32 Å². The first-order valence-electron chi connectivity index (χ1n) is 6.21. The number of nitrogens with one attached hydrogen (secondary N) is 1.